The summed E-state index contributed by atoms with van der Waals surface area (Å²) in [5.74, 6) is 2.78. The van der Waals surface area contributed by atoms with Gasteiger partial charge in [0.2, 0.25) is 0 Å². The van der Waals surface area contributed by atoms with Gasteiger partial charge >= 0.3 is 0 Å². The molecule has 3 aliphatic carbocycles. The number of rotatable bonds is 8. The van der Waals surface area contributed by atoms with E-state index in [9.17, 15) is 0 Å². The second-order valence-corrected chi connectivity index (χ2v) is 17.8. The fourth-order valence-corrected chi connectivity index (χ4v) is 10.4. The Morgan fingerprint density at radius 3 is 1.23 bits per heavy atom. The molecule has 2 aromatic heterocycles. The lowest BCUT2D eigenvalue weighted by molar-refractivity contribution is 0.755. The van der Waals surface area contributed by atoms with Crippen LogP contribution in [0, 0.1) is 6.57 Å². The Hall–Kier alpha value is -9.44. The van der Waals surface area contributed by atoms with Crippen LogP contribution < -0.4 is 0 Å². The number of hydrogen-bond acceptors (Lipinski definition) is 5. The third-order valence-corrected chi connectivity index (χ3v) is 13.8. The van der Waals surface area contributed by atoms with Gasteiger partial charge in [0.1, 0.15) is 0 Å². The van der Waals surface area contributed by atoms with E-state index in [4.69, 9.17) is 31.5 Å². The van der Waals surface area contributed by atoms with Crippen molar-refractivity contribution < 1.29 is 0 Å². The molecule has 0 saturated carbocycles. The van der Waals surface area contributed by atoms with Gasteiger partial charge in [-0.3, -0.25) is 0 Å². The average Bonchev–Trinajstić information content (AvgIpc) is 3.45. The average molecular weight is 893 g/mol. The van der Waals surface area contributed by atoms with Crippen molar-refractivity contribution in [1.29, 1.82) is 0 Å². The van der Waals surface area contributed by atoms with Crippen molar-refractivity contribution in [2.24, 2.45) is 0 Å². The zero-order valence-electron chi connectivity index (χ0n) is 37.8. The van der Waals surface area contributed by atoms with Crippen LogP contribution in [-0.2, 0) is 0 Å². The second-order valence-electron chi connectivity index (χ2n) is 17.8. The van der Waals surface area contributed by atoms with Crippen LogP contribution in [-0.4, -0.2) is 24.9 Å². The molecule has 0 amide bonds. The molecule has 0 fully saturated rings. The fraction of sp³-hybridized carbons (Fsp3) is 0.0312. The minimum absolute atomic E-state index is 0.0700. The molecule has 0 radical (unpaired) electrons. The predicted octanol–water partition coefficient (Wildman–Crippen LogP) is 15.5. The molecule has 2 unspecified atom stereocenters. The van der Waals surface area contributed by atoms with Gasteiger partial charge in [-0.15, -0.1) is 0 Å². The van der Waals surface area contributed by atoms with E-state index in [1.807, 2.05) is 115 Å². The van der Waals surface area contributed by atoms with Crippen molar-refractivity contribution in [3.63, 3.8) is 0 Å². The van der Waals surface area contributed by atoms with E-state index in [2.05, 4.69) is 120 Å². The first-order chi connectivity index (χ1) is 34.6. The molecule has 6 heteroatoms. The molecule has 2 bridgehead atoms. The molecule has 70 heavy (non-hydrogen) atoms. The van der Waals surface area contributed by atoms with E-state index in [1.54, 1.807) is 0 Å². The van der Waals surface area contributed by atoms with Crippen LogP contribution in [0.25, 0.3) is 95.2 Å². The molecule has 6 nitrogen and oxygen atoms in total. The summed E-state index contributed by atoms with van der Waals surface area (Å²) in [5, 5.41) is 0. The SMILES string of the molecule is [C-]#[N+]c1ccc(-c2ccccc2-c2cc(-c3ccc(-c4ccc5c(c4)C4c6ccccc6C5c5cc(-c6nc(-c7ccccc7)nc(-c7ccccc7)n6)ccc54)cc3)nc(-c3ccccc3)n2)cc1. The van der Waals surface area contributed by atoms with Crippen LogP contribution >= 0.6 is 0 Å². The normalized spacial score (nSPS) is 14.0. The lowest BCUT2D eigenvalue weighted by Crippen LogP contribution is -2.27. The highest BCUT2D eigenvalue weighted by molar-refractivity contribution is 5.85. The molecule has 326 valence electrons. The molecule has 2 heterocycles. The van der Waals surface area contributed by atoms with E-state index in [0.717, 1.165) is 61.5 Å². The van der Waals surface area contributed by atoms with E-state index < -0.39 is 0 Å². The predicted molar refractivity (Wildman–Crippen MR) is 280 cm³/mol. The Kier molecular flexibility index (Phi) is 9.92. The summed E-state index contributed by atoms with van der Waals surface area (Å²) in [7, 11) is 0. The lowest BCUT2D eigenvalue weighted by Gasteiger charge is -2.42. The van der Waals surface area contributed by atoms with E-state index in [1.165, 1.54) is 38.9 Å². The molecule has 0 N–H and O–H groups in total. The van der Waals surface area contributed by atoms with Crippen molar-refractivity contribution in [3.8, 4) is 90.3 Å². The molecule has 2 atom stereocenters. The standard InChI is InChI=1S/C64H40N6/c1-65-48-33-29-41(30-34-48)49-21-11-12-22-50(49)58-39-57(66-61(67-58)43-15-5-2-6-16-43)42-27-25-40(26-28-42)46-31-35-53-55(37-46)59-51-23-13-14-24-52(51)60(53)56-38-47(32-36-54(56)59)64-69-62(44-17-7-3-8-18-44)68-63(70-64)45-19-9-4-10-20-45/h2-39,59-60H. The zero-order valence-corrected chi connectivity index (χ0v) is 37.8. The molecule has 0 saturated heterocycles. The van der Waals surface area contributed by atoms with Gasteiger partial charge < -0.3 is 0 Å². The Balaban J connectivity index is 0.864. The van der Waals surface area contributed by atoms with Crippen LogP contribution in [0.5, 0.6) is 0 Å². The number of hydrogen-bond donors (Lipinski definition) is 0. The van der Waals surface area contributed by atoms with Crippen LogP contribution in [0.15, 0.2) is 231 Å². The molecule has 9 aromatic carbocycles. The number of nitrogens with zero attached hydrogens (tertiary/aromatic N) is 6. The van der Waals surface area contributed by atoms with Gasteiger partial charge in [-0.25, -0.2) is 29.8 Å². The second kappa shape index (κ2) is 17.0. The smallest absolute Gasteiger partial charge is 0.187 e. The van der Waals surface area contributed by atoms with Gasteiger partial charge in [0.05, 0.1) is 18.0 Å². The van der Waals surface area contributed by atoms with E-state index in [0.29, 0.717) is 29.0 Å². The monoisotopic (exact) mass is 892 g/mol. The Labute approximate surface area is 406 Å². The first-order valence-electron chi connectivity index (χ1n) is 23.5. The van der Waals surface area contributed by atoms with Crippen molar-refractivity contribution >= 4 is 5.69 Å². The highest BCUT2D eigenvalue weighted by Gasteiger charge is 2.41. The van der Waals surface area contributed by atoms with E-state index in [-0.39, 0.29) is 11.8 Å². The van der Waals surface area contributed by atoms with Gasteiger partial charge in [0.25, 0.3) is 0 Å². The molecule has 3 aliphatic rings. The summed E-state index contributed by atoms with van der Waals surface area (Å²) in [6, 6.07) is 80.2. The Bertz CT molecular complexity index is 3770. The van der Waals surface area contributed by atoms with Crippen molar-refractivity contribution in [3.05, 3.63) is 275 Å². The molecular weight excluding hydrogens is 853 g/mol. The largest absolute Gasteiger partial charge is 0.238 e. The molecule has 14 rings (SSSR count). The van der Waals surface area contributed by atoms with Gasteiger partial charge in [-0.1, -0.05) is 212 Å². The Morgan fingerprint density at radius 2 is 0.671 bits per heavy atom. The summed E-state index contributed by atoms with van der Waals surface area (Å²) >= 11 is 0. The first-order valence-corrected chi connectivity index (χ1v) is 23.5. The number of aromatic nitrogens is 5. The van der Waals surface area contributed by atoms with E-state index >= 15 is 0 Å². The maximum absolute atomic E-state index is 7.45. The summed E-state index contributed by atoms with van der Waals surface area (Å²) in [4.78, 5) is 29.0. The van der Waals surface area contributed by atoms with Gasteiger partial charge in [-0.05, 0) is 73.8 Å². The molecule has 0 spiro atoms. The van der Waals surface area contributed by atoms with Gasteiger partial charge in [0.15, 0.2) is 29.0 Å². The molecular formula is C64H40N6. The summed E-state index contributed by atoms with van der Waals surface area (Å²) in [5.41, 5.74) is 20.5. The van der Waals surface area contributed by atoms with Crippen molar-refractivity contribution in [2.75, 3.05) is 0 Å². The highest BCUT2D eigenvalue weighted by atomic mass is 15.0. The maximum Gasteiger partial charge on any atom is 0.187 e. The third-order valence-electron chi connectivity index (χ3n) is 13.8. The van der Waals surface area contributed by atoms with Gasteiger partial charge in [-0.2, -0.15) is 0 Å². The van der Waals surface area contributed by atoms with Crippen LogP contribution in [0.3, 0.4) is 0 Å². The fourth-order valence-electron chi connectivity index (χ4n) is 10.4. The van der Waals surface area contributed by atoms with Gasteiger partial charge in [0, 0.05) is 45.2 Å². The first kappa shape index (κ1) is 40.8. The third kappa shape index (κ3) is 7.16. The zero-order chi connectivity index (χ0) is 46.5. The van der Waals surface area contributed by atoms with Crippen molar-refractivity contribution in [1.82, 2.24) is 24.9 Å². The summed E-state index contributed by atoms with van der Waals surface area (Å²) < 4.78 is 0. The topological polar surface area (TPSA) is 68.8 Å². The number of benzene rings is 9. The maximum atomic E-state index is 7.45. The lowest BCUT2D eigenvalue weighted by atomic mass is 9.60. The highest BCUT2D eigenvalue weighted by Crippen LogP contribution is 2.56. The summed E-state index contributed by atoms with van der Waals surface area (Å²) in [6.45, 7) is 7.45. The van der Waals surface area contributed by atoms with Crippen LogP contribution in [0.4, 0.5) is 5.69 Å². The van der Waals surface area contributed by atoms with Crippen LogP contribution in [0.1, 0.15) is 45.2 Å². The molecule has 11 aromatic rings. The quantitative estimate of drug-likeness (QED) is 0.142. The minimum Gasteiger partial charge on any atom is -0.238 e. The minimum atomic E-state index is 0.0700. The Morgan fingerprint density at radius 1 is 0.271 bits per heavy atom. The summed E-state index contributed by atoms with van der Waals surface area (Å²) in [6.07, 6.45) is 0. The van der Waals surface area contributed by atoms with Crippen molar-refractivity contribution in [2.45, 2.75) is 11.8 Å². The van der Waals surface area contributed by atoms with Crippen LogP contribution in [0.2, 0.25) is 0 Å². The molecule has 0 aliphatic heterocycles.